The van der Waals surface area contributed by atoms with Crippen molar-refractivity contribution in [1.82, 2.24) is 10.2 Å². The van der Waals surface area contributed by atoms with Crippen LogP contribution in [0.25, 0.3) is 0 Å². The number of likely N-dealkylation sites (tertiary alicyclic amines) is 1. The molecular formula is C21H33N3O4. The van der Waals surface area contributed by atoms with Crippen LogP contribution in [0.3, 0.4) is 0 Å². The molecule has 2 aliphatic rings. The highest BCUT2D eigenvalue weighted by Crippen LogP contribution is 2.19. The first-order valence-electron chi connectivity index (χ1n) is 10.6. The minimum absolute atomic E-state index is 0.00208. The summed E-state index contributed by atoms with van der Waals surface area (Å²) in [4.78, 5) is 19.1. The molecule has 0 aromatic carbocycles. The first-order chi connectivity index (χ1) is 13.8. The summed E-state index contributed by atoms with van der Waals surface area (Å²) >= 11 is 0. The summed E-state index contributed by atoms with van der Waals surface area (Å²) in [5.74, 6) is 1.80. The lowest BCUT2D eigenvalue weighted by Crippen LogP contribution is -2.47. The molecule has 156 valence electrons. The minimum atomic E-state index is -0.0676. The van der Waals surface area contributed by atoms with Crippen molar-refractivity contribution in [2.45, 2.75) is 51.6 Å². The van der Waals surface area contributed by atoms with E-state index in [1.54, 1.807) is 6.26 Å². The molecule has 1 aromatic rings. The van der Waals surface area contributed by atoms with Gasteiger partial charge in [-0.2, -0.15) is 0 Å². The molecule has 0 bridgehead atoms. The average molecular weight is 392 g/mol. The topological polar surface area (TPSA) is 76.3 Å². The van der Waals surface area contributed by atoms with Gasteiger partial charge in [0.1, 0.15) is 5.76 Å². The van der Waals surface area contributed by atoms with Crippen molar-refractivity contribution >= 4 is 11.9 Å². The van der Waals surface area contributed by atoms with Gasteiger partial charge in [0.05, 0.1) is 31.4 Å². The Hall–Kier alpha value is -2.02. The van der Waals surface area contributed by atoms with E-state index in [1.807, 2.05) is 19.1 Å². The largest absolute Gasteiger partial charge is 0.469 e. The van der Waals surface area contributed by atoms with Gasteiger partial charge in [-0.25, -0.2) is 0 Å². The Morgan fingerprint density at radius 2 is 2.18 bits per heavy atom. The second-order valence-electron chi connectivity index (χ2n) is 7.42. The average Bonchev–Trinajstić information content (AvgIpc) is 3.25. The fraction of sp³-hybridized carbons (Fsp3) is 0.714. The van der Waals surface area contributed by atoms with Gasteiger partial charge >= 0.3 is 5.97 Å². The molecule has 0 saturated carbocycles. The van der Waals surface area contributed by atoms with Crippen molar-refractivity contribution in [2.75, 3.05) is 39.4 Å². The Morgan fingerprint density at radius 3 is 2.86 bits per heavy atom. The second-order valence-corrected chi connectivity index (χ2v) is 7.42. The zero-order valence-electron chi connectivity index (χ0n) is 16.9. The Balaban J connectivity index is 1.54. The minimum Gasteiger partial charge on any atom is -0.469 e. The third kappa shape index (κ3) is 6.26. The fourth-order valence-corrected chi connectivity index (χ4v) is 3.75. The van der Waals surface area contributed by atoms with Gasteiger partial charge < -0.3 is 24.1 Å². The molecule has 2 saturated heterocycles. The lowest BCUT2D eigenvalue weighted by Gasteiger charge is -2.33. The van der Waals surface area contributed by atoms with E-state index in [0.717, 1.165) is 70.1 Å². The van der Waals surface area contributed by atoms with Crippen LogP contribution in [0.2, 0.25) is 0 Å². The quantitative estimate of drug-likeness (QED) is 0.437. The Labute approximate surface area is 167 Å². The van der Waals surface area contributed by atoms with Crippen molar-refractivity contribution in [2.24, 2.45) is 10.9 Å². The highest BCUT2D eigenvalue weighted by atomic mass is 16.5. The number of furan rings is 1. The molecule has 7 heteroatoms. The SMILES string of the molecule is CCOC(=O)C1CCN(C(=NCC2CCCCO2)NCCc2ccco2)CC1. The lowest BCUT2D eigenvalue weighted by atomic mass is 9.97. The summed E-state index contributed by atoms with van der Waals surface area (Å²) in [6.07, 6.45) is 7.77. The number of hydrogen-bond acceptors (Lipinski definition) is 5. The Kier molecular flexibility index (Phi) is 8.21. The van der Waals surface area contributed by atoms with Gasteiger partial charge in [0.2, 0.25) is 0 Å². The first-order valence-corrected chi connectivity index (χ1v) is 10.6. The smallest absolute Gasteiger partial charge is 0.309 e. The summed E-state index contributed by atoms with van der Waals surface area (Å²) in [6.45, 7) is 6.20. The molecular weight excluding hydrogens is 358 g/mol. The van der Waals surface area contributed by atoms with Gasteiger partial charge in [-0.15, -0.1) is 0 Å². The van der Waals surface area contributed by atoms with Gasteiger partial charge in [0.25, 0.3) is 0 Å². The number of nitrogens with zero attached hydrogens (tertiary/aromatic N) is 2. The van der Waals surface area contributed by atoms with Gasteiger partial charge in [0, 0.05) is 32.7 Å². The third-order valence-electron chi connectivity index (χ3n) is 5.37. The van der Waals surface area contributed by atoms with Crippen LogP contribution in [0.15, 0.2) is 27.8 Å². The monoisotopic (exact) mass is 391 g/mol. The summed E-state index contributed by atoms with van der Waals surface area (Å²) in [5, 5.41) is 3.48. The normalized spacial score (nSPS) is 21.5. The molecule has 2 fully saturated rings. The maximum atomic E-state index is 12.0. The Morgan fingerprint density at radius 1 is 1.32 bits per heavy atom. The summed E-state index contributed by atoms with van der Waals surface area (Å²) in [5.41, 5.74) is 0. The van der Waals surface area contributed by atoms with Crippen LogP contribution in [0.5, 0.6) is 0 Å². The molecule has 1 atom stereocenters. The van der Waals surface area contributed by atoms with Crippen molar-refractivity contribution in [3.63, 3.8) is 0 Å². The standard InChI is InChI=1S/C21H33N3O4/c1-2-26-20(25)17-9-12-24(13-10-17)21(22-11-8-18-7-5-15-27-18)23-16-19-6-3-4-14-28-19/h5,7,15,17,19H,2-4,6,8-14,16H2,1H3,(H,22,23). The molecule has 0 amide bonds. The first kappa shape index (κ1) is 20.7. The number of hydrogen-bond donors (Lipinski definition) is 1. The van der Waals surface area contributed by atoms with E-state index in [4.69, 9.17) is 18.9 Å². The highest BCUT2D eigenvalue weighted by molar-refractivity contribution is 5.80. The number of aliphatic imine (C=N–C) groups is 1. The second kappa shape index (κ2) is 11.1. The van der Waals surface area contributed by atoms with Crippen LogP contribution >= 0.6 is 0 Å². The number of nitrogens with one attached hydrogen (secondary N) is 1. The molecule has 3 heterocycles. The van der Waals surface area contributed by atoms with E-state index < -0.39 is 0 Å². The Bertz CT molecular complexity index is 603. The van der Waals surface area contributed by atoms with E-state index in [9.17, 15) is 4.79 Å². The number of esters is 1. The van der Waals surface area contributed by atoms with Gasteiger partial charge in [0.15, 0.2) is 5.96 Å². The molecule has 2 aliphatic heterocycles. The number of carbonyl (C=O) groups is 1. The predicted molar refractivity (Wildman–Crippen MR) is 107 cm³/mol. The molecule has 1 unspecified atom stereocenters. The van der Waals surface area contributed by atoms with E-state index in [1.165, 1.54) is 6.42 Å². The summed E-state index contributed by atoms with van der Waals surface area (Å²) in [7, 11) is 0. The molecule has 0 spiro atoms. The van der Waals surface area contributed by atoms with Crippen molar-refractivity contribution in [3.05, 3.63) is 24.2 Å². The lowest BCUT2D eigenvalue weighted by molar-refractivity contribution is -0.149. The van der Waals surface area contributed by atoms with Crippen molar-refractivity contribution in [3.8, 4) is 0 Å². The number of piperidine rings is 1. The summed E-state index contributed by atoms with van der Waals surface area (Å²) in [6, 6.07) is 3.89. The molecule has 1 aromatic heterocycles. The van der Waals surface area contributed by atoms with Crippen LogP contribution in [-0.4, -0.2) is 62.3 Å². The number of rotatable bonds is 7. The van der Waals surface area contributed by atoms with Crippen LogP contribution in [0, 0.1) is 5.92 Å². The van der Waals surface area contributed by atoms with Gasteiger partial charge in [-0.3, -0.25) is 9.79 Å². The van der Waals surface area contributed by atoms with Crippen molar-refractivity contribution in [1.29, 1.82) is 0 Å². The maximum absolute atomic E-state index is 12.0. The van der Waals surface area contributed by atoms with Crippen LogP contribution < -0.4 is 5.32 Å². The van der Waals surface area contributed by atoms with E-state index in [0.29, 0.717) is 13.2 Å². The van der Waals surface area contributed by atoms with Crippen LogP contribution in [0.4, 0.5) is 0 Å². The van der Waals surface area contributed by atoms with Gasteiger partial charge in [-0.1, -0.05) is 0 Å². The molecule has 1 N–H and O–H groups in total. The molecule has 28 heavy (non-hydrogen) atoms. The molecule has 7 nitrogen and oxygen atoms in total. The summed E-state index contributed by atoms with van der Waals surface area (Å²) < 4.78 is 16.4. The maximum Gasteiger partial charge on any atom is 0.309 e. The fourth-order valence-electron chi connectivity index (χ4n) is 3.75. The molecule has 0 radical (unpaired) electrons. The third-order valence-corrected chi connectivity index (χ3v) is 5.37. The number of guanidine groups is 1. The molecule has 0 aliphatic carbocycles. The van der Waals surface area contributed by atoms with E-state index >= 15 is 0 Å². The number of ether oxygens (including phenoxy) is 2. The number of carbonyl (C=O) groups excluding carboxylic acids is 1. The van der Waals surface area contributed by atoms with Gasteiger partial charge in [-0.05, 0) is 51.2 Å². The van der Waals surface area contributed by atoms with E-state index in [2.05, 4.69) is 10.2 Å². The highest BCUT2D eigenvalue weighted by Gasteiger charge is 2.27. The predicted octanol–water partition coefficient (Wildman–Crippen LogP) is 2.61. The zero-order chi connectivity index (χ0) is 19.6. The van der Waals surface area contributed by atoms with Crippen LogP contribution in [0.1, 0.15) is 44.8 Å². The molecule has 3 rings (SSSR count). The van der Waals surface area contributed by atoms with E-state index in [-0.39, 0.29) is 18.0 Å². The van der Waals surface area contributed by atoms with Crippen molar-refractivity contribution < 1.29 is 18.7 Å². The zero-order valence-corrected chi connectivity index (χ0v) is 16.9. The van der Waals surface area contributed by atoms with Crippen LogP contribution in [-0.2, 0) is 20.7 Å².